The van der Waals surface area contributed by atoms with Crippen LogP contribution in [-0.4, -0.2) is 9.78 Å². The third kappa shape index (κ3) is 2.15. The van der Waals surface area contributed by atoms with E-state index in [9.17, 15) is 0 Å². The molecule has 0 saturated carbocycles. The molecule has 90 valence electrons. The second kappa shape index (κ2) is 4.41. The van der Waals surface area contributed by atoms with Crippen molar-refractivity contribution < 1.29 is 0 Å². The van der Waals surface area contributed by atoms with Gasteiger partial charge >= 0.3 is 0 Å². The standard InChI is InChI=1S/C13H16ClN3/c1-8-4-5-11(6-9(8)2)10(3)17-13(15)12(14)7-16-17/h4-7,10H,15H2,1-3H3. The smallest absolute Gasteiger partial charge is 0.141 e. The lowest BCUT2D eigenvalue weighted by molar-refractivity contribution is 0.572. The summed E-state index contributed by atoms with van der Waals surface area (Å²) in [5.41, 5.74) is 9.61. The zero-order chi connectivity index (χ0) is 12.6. The third-order valence-electron chi connectivity index (χ3n) is 3.17. The Hall–Kier alpha value is -1.48. The Kier molecular flexibility index (Phi) is 3.11. The largest absolute Gasteiger partial charge is 0.383 e. The van der Waals surface area contributed by atoms with E-state index in [1.165, 1.54) is 16.7 Å². The molecule has 0 saturated heterocycles. The van der Waals surface area contributed by atoms with E-state index in [0.29, 0.717) is 10.8 Å². The molecule has 3 nitrogen and oxygen atoms in total. The van der Waals surface area contributed by atoms with E-state index in [-0.39, 0.29) is 6.04 Å². The summed E-state index contributed by atoms with van der Waals surface area (Å²) in [5, 5.41) is 4.70. The Labute approximate surface area is 106 Å². The van der Waals surface area contributed by atoms with E-state index in [4.69, 9.17) is 17.3 Å². The van der Waals surface area contributed by atoms with Crippen LogP contribution in [0.1, 0.15) is 29.7 Å². The molecule has 17 heavy (non-hydrogen) atoms. The van der Waals surface area contributed by atoms with Crippen LogP contribution in [0.3, 0.4) is 0 Å². The topological polar surface area (TPSA) is 43.8 Å². The first kappa shape index (κ1) is 12.0. The first-order chi connectivity index (χ1) is 8.00. The molecule has 0 radical (unpaired) electrons. The fourth-order valence-electron chi connectivity index (χ4n) is 1.82. The lowest BCUT2D eigenvalue weighted by Crippen LogP contribution is -2.11. The molecule has 4 heteroatoms. The summed E-state index contributed by atoms with van der Waals surface area (Å²) in [6.45, 7) is 6.26. The molecule has 1 aromatic heterocycles. The highest BCUT2D eigenvalue weighted by molar-refractivity contribution is 6.32. The van der Waals surface area contributed by atoms with Crippen molar-refractivity contribution in [1.82, 2.24) is 9.78 Å². The van der Waals surface area contributed by atoms with Gasteiger partial charge in [0.05, 0.1) is 12.2 Å². The molecule has 1 unspecified atom stereocenters. The van der Waals surface area contributed by atoms with Gasteiger partial charge in [0, 0.05) is 0 Å². The molecule has 0 fully saturated rings. The van der Waals surface area contributed by atoms with E-state index in [0.717, 1.165) is 0 Å². The summed E-state index contributed by atoms with van der Waals surface area (Å²) in [7, 11) is 0. The Morgan fingerprint density at radius 3 is 2.53 bits per heavy atom. The van der Waals surface area contributed by atoms with Crippen LogP contribution in [0.5, 0.6) is 0 Å². The zero-order valence-corrected chi connectivity index (χ0v) is 11.0. The van der Waals surface area contributed by atoms with Crippen LogP contribution < -0.4 is 5.73 Å². The van der Waals surface area contributed by atoms with Gasteiger partial charge in [0.25, 0.3) is 0 Å². The minimum atomic E-state index is 0.0850. The molecule has 1 atom stereocenters. The number of hydrogen-bond acceptors (Lipinski definition) is 2. The van der Waals surface area contributed by atoms with Gasteiger partial charge in [0.2, 0.25) is 0 Å². The second-order valence-electron chi connectivity index (χ2n) is 4.34. The maximum atomic E-state index is 5.91. The monoisotopic (exact) mass is 249 g/mol. The minimum absolute atomic E-state index is 0.0850. The Morgan fingerprint density at radius 2 is 2.00 bits per heavy atom. The predicted octanol–water partition coefficient (Wildman–Crippen LogP) is 3.34. The number of rotatable bonds is 2. The molecule has 2 aromatic rings. The number of nitrogens with zero attached hydrogens (tertiary/aromatic N) is 2. The van der Waals surface area contributed by atoms with Gasteiger partial charge in [-0.15, -0.1) is 0 Å². The van der Waals surface area contributed by atoms with Crippen molar-refractivity contribution in [3.05, 3.63) is 46.1 Å². The van der Waals surface area contributed by atoms with Crippen molar-refractivity contribution in [3.63, 3.8) is 0 Å². The number of halogens is 1. The normalized spacial score (nSPS) is 12.7. The van der Waals surface area contributed by atoms with E-state index in [2.05, 4.69) is 44.1 Å². The molecule has 0 aliphatic rings. The molecular weight excluding hydrogens is 234 g/mol. The van der Waals surface area contributed by atoms with Gasteiger partial charge in [0.1, 0.15) is 10.8 Å². The van der Waals surface area contributed by atoms with E-state index < -0.39 is 0 Å². The third-order valence-corrected chi connectivity index (χ3v) is 3.46. The van der Waals surface area contributed by atoms with Crippen LogP contribution in [-0.2, 0) is 0 Å². The Balaban J connectivity index is 2.40. The summed E-state index contributed by atoms with van der Waals surface area (Å²) < 4.78 is 1.74. The molecule has 1 aromatic carbocycles. The lowest BCUT2D eigenvalue weighted by Gasteiger charge is -2.15. The van der Waals surface area contributed by atoms with Gasteiger partial charge in [-0.25, -0.2) is 4.68 Å². The highest BCUT2D eigenvalue weighted by Gasteiger charge is 2.14. The first-order valence-corrected chi connectivity index (χ1v) is 5.94. The molecule has 0 aliphatic heterocycles. The molecule has 2 N–H and O–H groups in total. The number of nitrogens with two attached hydrogens (primary N) is 1. The molecule has 2 rings (SSSR count). The molecule has 0 spiro atoms. The van der Waals surface area contributed by atoms with Crippen molar-refractivity contribution in [3.8, 4) is 0 Å². The fourth-order valence-corrected chi connectivity index (χ4v) is 1.96. The van der Waals surface area contributed by atoms with Gasteiger partial charge in [0.15, 0.2) is 0 Å². The van der Waals surface area contributed by atoms with E-state index >= 15 is 0 Å². The summed E-state index contributed by atoms with van der Waals surface area (Å²) in [6, 6.07) is 6.46. The summed E-state index contributed by atoms with van der Waals surface area (Å²) in [5.74, 6) is 0.511. The SMILES string of the molecule is Cc1ccc(C(C)n2ncc(Cl)c2N)cc1C. The maximum absolute atomic E-state index is 5.91. The highest BCUT2D eigenvalue weighted by atomic mass is 35.5. The highest BCUT2D eigenvalue weighted by Crippen LogP contribution is 2.26. The van der Waals surface area contributed by atoms with Crippen LogP contribution in [0.2, 0.25) is 5.02 Å². The second-order valence-corrected chi connectivity index (χ2v) is 4.75. The summed E-state index contributed by atoms with van der Waals surface area (Å²) in [6.07, 6.45) is 1.58. The minimum Gasteiger partial charge on any atom is -0.383 e. The number of aryl methyl sites for hydroxylation is 2. The number of nitrogen functional groups attached to an aromatic ring is 1. The van der Waals surface area contributed by atoms with Crippen molar-refractivity contribution in [2.24, 2.45) is 0 Å². The van der Waals surface area contributed by atoms with Gasteiger partial charge in [-0.1, -0.05) is 29.8 Å². The number of hydrogen-bond donors (Lipinski definition) is 1. The predicted molar refractivity (Wildman–Crippen MR) is 71.4 cm³/mol. The first-order valence-electron chi connectivity index (χ1n) is 5.56. The van der Waals surface area contributed by atoms with Crippen LogP contribution in [0.25, 0.3) is 0 Å². The van der Waals surface area contributed by atoms with Crippen LogP contribution in [0.4, 0.5) is 5.82 Å². The van der Waals surface area contributed by atoms with Crippen molar-refractivity contribution in [1.29, 1.82) is 0 Å². The Bertz CT molecular complexity index is 546. The zero-order valence-electron chi connectivity index (χ0n) is 10.2. The molecular formula is C13H16ClN3. The van der Waals surface area contributed by atoms with Gasteiger partial charge < -0.3 is 5.73 Å². The Morgan fingerprint density at radius 1 is 1.29 bits per heavy atom. The number of benzene rings is 1. The van der Waals surface area contributed by atoms with Crippen molar-refractivity contribution >= 4 is 17.4 Å². The van der Waals surface area contributed by atoms with Gasteiger partial charge in [-0.05, 0) is 37.5 Å². The number of anilines is 1. The van der Waals surface area contributed by atoms with Crippen molar-refractivity contribution in [2.75, 3.05) is 5.73 Å². The van der Waals surface area contributed by atoms with Gasteiger partial charge in [-0.2, -0.15) is 5.10 Å². The fraction of sp³-hybridized carbons (Fsp3) is 0.308. The average Bonchev–Trinajstić information content (AvgIpc) is 2.63. The molecule has 0 bridgehead atoms. The molecule has 1 heterocycles. The van der Waals surface area contributed by atoms with Crippen LogP contribution >= 0.6 is 11.6 Å². The average molecular weight is 250 g/mol. The van der Waals surface area contributed by atoms with Gasteiger partial charge in [-0.3, -0.25) is 0 Å². The summed E-state index contributed by atoms with van der Waals surface area (Å²) in [4.78, 5) is 0. The number of aromatic nitrogens is 2. The quantitative estimate of drug-likeness (QED) is 0.887. The molecule has 0 aliphatic carbocycles. The van der Waals surface area contributed by atoms with E-state index in [1.807, 2.05) is 0 Å². The summed E-state index contributed by atoms with van der Waals surface area (Å²) >= 11 is 5.91. The maximum Gasteiger partial charge on any atom is 0.141 e. The molecule has 0 amide bonds. The van der Waals surface area contributed by atoms with E-state index in [1.54, 1.807) is 10.9 Å². The van der Waals surface area contributed by atoms with Crippen molar-refractivity contribution in [2.45, 2.75) is 26.8 Å². The lowest BCUT2D eigenvalue weighted by atomic mass is 10.0. The van der Waals surface area contributed by atoms with Crippen LogP contribution in [0.15, 0.2) is 24.4 Å². The van der Waals surface area contributed by atoms with Crippen LogP contribution in [0, 0.1) is 13.8 Å².